The number of amides is 2. The Hall–Kier alpha value is -2.69. The van der Waals surface area contributed by atoms with Crippen molar-refractivity contribution in [1.82, 2.24) is 0 Å². The van der Waals surface area contributed by atoms with E-state index in [1.807, 2.05) is 32.0 Å². The lowest BCUT2D eigenvalue weighted by Crippen LogP contribution is -2.29. The molecule has 0 aliphatic carbocycles. The molecular formula is C19H19FN2O2. The summed E-state index contributed by atoms with van der Waals surface area (Å²) in [7, 11) is 0. The molecular weight excluding hydrogens is 307 g/mol. The van der Waals surface area contributed by atoms with Gasteiger partial charge in [0.1, 0.15) is 5.82 Å². The zero-order valence-electron chi connectivity index (χ0n) is 13.7. The molecule has 0 spiro atoms. The number of carbonyl (C=O) groups is 2. The van der Waals surface area contributed by atoms with Crippen molar-refractivity contribution in [3.63, 3.8) is 0 Å². The van der Waals surface area contributed by atoms with E-state index in [0.717, 1.165) is 16.8 Å². The van der Waals surface area contributed by atoms with Crippen LogP contribution < -0.4 is 10.2 Å². The van der Waals surface area contributed by atoms with Gasteiger partial charge in [0.15, 0.2) is 0 Å². The third-order valence-electron chi connectivity index (χ3n) is 4.37. The molecule has 1 atom stereocenters. The van der Waals surface area contributed by atoms with Crippen LogP contribution in [0.3, 0.4) is 0 Å². The van der Waals surface area contributed by atoms with Crippen LogP contribution in [0.25, 0.3) is 0 Å². The Morgan fingerprint density at radius 2 is 1.79 bits per heavy atom. The Labute approximate surface area is 140 Å². The third kappa shape index (κ3) is 3.02. The summed E-state index contributed by atoms with van der Waals surface area (Å²) >= 11 is 0. The number of para-hydroxylation sites is 2. The molecule has 1 N–H and O–H groups in total. The minimum absolute atomic E-state index is 0.0884. The number of benzene rings is 2. The Balaban J connectivity index is 1.76. The Morgan fingerprint density at radius 3 is 2.46 bits per heavy atom. The van der Waals surface area contributed by atoms with E-state index >= 15 is 0 Å². The number of nitrogens with zero attached hydrogens (tertiary/aromatic N) is 1. The van der Waals surface area contributed by atoms with Gasteiger partial charge in [0.05, 0.1) is 11.6 Å². The predicted molar refractivity (Wildman–Crippen MR) is 91.4 cm³/mol. The van der Waals surface area contributed by atoms with E-state index in [2.05, 4.69) is 5.32 Å². The molecule has 1 fully saturated rings. The van der Waals surface area contributed by atoms with Crippen LogP contribution in [0.4, 0.5) is 15.8 Å². The second kappa shape index (κ2) is 6.43. The van der Waals surface area contributed by atoms with Crippen LogP contribution in [0.2, 0.25) is 0 Å². The number of anilines is 2. The summed E-state index contributed by atoms with van der Waals surface area (Å²) in [6.07, 6.45) is 0.0884. The lowest BCUT2D eigenvalue weighted by molar-refractivity contribution is -0.122. The van der Waals surface area contributed by atoms with Gasteiger partial charge in [0, 0.05) is 18.7 Å². The minimum atomic E-state index is -0.490. The Morgan fingerprint density at radius 1 is 1.12 bits per heavy atom. The van der Waals surface area contributed by atoms with Gasteiger partial charge in [-0.05, 0) is 37.1 Å². The van der Waals surface area contributed by atoms with E-state index in [1.165, 1.54) is 11.0 Å². The van der Waals surface area contributed by atoms with Gasteiger partial charge in [-0.3, -0.25) is 9.59 Å². The standard InChI is InChI=1S/C19H19FN2O2/c1-12-6-5-7-13(2)18(12)21-19(24)14-10-17(23)22(11-14)16-9-4-3-8-15(16)20/h3-9,14H,10-11H2,1-2H3,(H,21,24)/t14-/m0/s1. The number of carbonyl (C=O) groups excluding carboxylic acids is 2. The number of aryl methyl sites for hydroxylation is 2. The lowest BCUT2D eigenvalue weighted by atomic mass is 10.1. The molecule has 1 aliphatic rings. The largest absolute Gasteiger partial charge is 0.325 e. The second-order valence-electron chi connectivity index (χ2n) is 6.11. The monoisotopic (exact) mass is 326 g/mol. The average Bonchev–Trinajstić information content (AvgIpc) is 2.93. The van der Waals surface area contributed by atoms with Crippen LogP contribution in [0, 0.1) is 25.6 Å². The number of hydrogen-bond acceptors (Lipinski definition) is 2. The Kier molecular flexibility index (Phi) is 4.34. The van der Waals surface area contributed by atoms with Crippen molar-refractivity contribution in [2.24, 2.45) is 5.92 Å². The van der Waals surface area contributed by atoms with Crippen molar-refractivity contribution < 1.29 is 14.0 Å². The molecule has 3 rings (SSSR count). The topological polar surface area (TPSA) is 49.4 Å². The van der Waals surface area contributed by atoms with E-state index in [9.17, 15) is 14.0 Å². The molecule has 0 aromatic heterocycles. The molecule has 124 valence electrons. The third-order valence-corrected chi connectivity index (χ3v) is 4.37. The first-order chi connectivity index (χ1) is 11.5. The highest BCUT2D eigenvalue weighted by Crippen LogP contribution is 2.28. The zero-order valence-corrected chi connectivity index (χ0v) is 13.7. The van der Waals surface area contributed by atoms with E-state index in [-0.39, 0.29) is 30.5 Å². The van der Waals surface area contributed by atoms with Gasteiger partial charge in [-0.1, -0.05) is 30.3 Å². The number of rotatable bonds is 3. The van der Waals surface area contributed by atoms with Crippen molar-refractivity contribution in [2.45, 2.75) is 20.3 Å². The molecule has 4 nitrogen and oxygen atoms in total. The van der Waals surface area contributed by atoms with Gasteiger partial charge in [-0.15, -0.1) is 0 Å². The van der Waals surface area contributed by atoms with Gasteiger partial charge in [-0.2, -0.15) is 0 Å². The minimum Gasteiger partial charge on any atom is -0.325 e. The summed E-state index contributed by atoms with van der Waals surface area (Å²) < 4.78 is 13.9. The molecule has 0 unspecified atom stereocenters. The van der Waals surface area contributed by atoms with E-state index < -0.39 is 11.7 Å². The van der Waals surface area contributed by atoms with Crippen molar-refractivity contribution in [2.75, 3.05) is 16.8 Å². The van der Waals surface area contributed by atoms with Crippen molar-refractivity contribution >= 4 is 23.2 Å². The average molecular weight is 326 g/mol. The normalized spacial score (nSPS) is 17.2. The fraction of sp³-hybridized carbons (Fsp3) is 0.263. The molecule has 2 aromatic rings. The molecule has 0 bridgehead atoms. The van der Waals surface area contributed by atoms with Crippen molar-refractivity contribution in [3.8, 4) is 0 Å². The fourth-order valence-corrected chi connectivity index (χ4v) is 3.02. The van der Waals surface area contributed by atoms with E-state index in [1.54, 1.807) is 18.2 Å². The maximum Gasteiger partial charge on any atom is 0.229 e. The highest BCUT2D eigenvalue weighted by molar-refractivity contribution is 6.04. The first-order valence-electron chi connectivity index (χ1n) is 7.89. The molecule has 24 heavy (non-hydrogen) atoms. The smallest absolute Gasteiger partial charge is 0.229 e. The Bertz CT molecular complexity index is 783. The lowest BCUT2D eigenvalue weighted by Gasteiger charge is -2.18. The highest BCUT2D eigenvalue weighted by Gasteiger charge is 2.36. The van der Waals surface area contributed by atoms with Crippen molar-refractivity contribution in [1.29, 1.82) is 0 Å². The zero-order chi connectivity index (χ0) is 17.3. The van der Waals surface area contributed by atoms with Gasteiger partial charge in [-0.25, -0.2) is 4.39 Å². The molecule has 2 amide bonds. The first-order valence-corrected chi connectivity index (χ1v) is 7.89. The summed E-state index contributed by atoms with van der Waals surface area (Å²) in [6.45, 7) is 4.04. The number of hydrogen-bond donors (Lipinski definition) is 1. The summed E-state index contributed by atoms with van der Waals surface area (Å²) in [5.41, 5.74) is 2.95. The quantitative estimate of drug-likeness (QED) is 0.939. The van der Waals surface area contributed by atoms with E-state index in [0.29, 0.717) is 0 Å². The van der Waals surface area contributed by atoms with Gasteiger partial charge in [0.25, 0.3) is 0 Å². The van der Waals surface area contributed by atoms with Crippen LogP contribution in [0.15, 0.2) is 42.5 Å². The molecule has 0 saturated carbocycles. The molecule has 1 saturated heterocycles. The molecule has 5 heteroatoms. The molecule has 1 heterocycles. The molecule has 1 aliphatic heterocycles. The van der Waals surface area contributed by atoms with Crippen LogP contribution in [0.1, 0.15) is 17.5 Å². The molecule has 0 radical (unpaired) electrons. The van der Waals surface area contributed by atoms with Crippen molar-refractivity contribution in [3.05, 3.63) is 59.4 Å². The van der Waals surface area contributed by atoms with Crippen LogP contribution in [-0.4, -0.2) is 18.4 Å². The van der Waals surface area contributed by atoms with E-state index in [4.69, 9.17) is 0 Å². The SMILES string of the molecule is Cc1cccc(C)c1NC(=O)[C@H]1CC(=O)N(c2ccccc2F)C1. The molecule has 2 aromatic carbocycles. The van der Waals surface area contributed by atoms with Gasteiger partial charge < -0.3 is 10.2 Å². The predicted octanol–water partition coefficient (Wildman–Crippen LogP) is 3.43. The van der Waals surface area contributed by atoms with Gasteiger partial charge >= 0.3 is 0 Å². The maximum atomic E-state index is 13.9. The second-order valence-corrected chi connectivity index (χ2v) is 6.11. The van der Waals surface area contributed by atoms with Gasteiger partial charge in [0.2, 0.25) is 11.8 Å². The summed E-state index contributed by atoms with van der Waals surface area (Å²) in [5.74, 6) is -1.39. The first kappa shape index (κ1) is 16.2. The van der Waals surface area contributed by atoms with Crippen LogP contribution >= 0.6 is 0 Å². The van der Waals surface area contributed by atoms with Crippen LogP contribution in [-0.2, 0) is 9.59 Å². The summed E-state index contributed by atoms with van der Waals surface area (Å²) in [6, 6.07) is 11.9. The summed E-state index contributed by atoms with van der Waals surface area (Å²) in [5, 5.41) is 2.92. The number of halogens is 1. The van der Waals surface area contributed by atoms with Crippen LogP contribution in [0.5, 0.6) is 0 Å². The fourth-order valence-electron chi connectivity index (χ4n) is 3.02. The summed E-state index contributed by atoms with van der Waals surface area (Å²) in [4.78, 5) is 26.1. The number of nitrogens with one attached hydrogen (secondary N) is 1. The highest BCUT2D eigenvalue weighted by atomic mass is 19.1. The maximum absolute atomic E-state index is 13.9.